The van der Waals surface area contributed by atoms with Crippen LogP contribution in [0.3, 0.4) is 0 Å². The van der Waals surface area contributed by atoms with Gasteiger partial charge in [0.05, 0.1) is 18.8 Å². The van der Waals surface area contributed by atoms with E-state index in [1.165, 1.54) is 0 Å². The van der Waals surface area contributed by atoms with Gasteiger partial charge in [-0.15, -0.1) is 11.6 Å². The van der Waals surface area contributed by atoms with Gasteiger partial charge in [-0.05, 0) is 42.7 Å². The zero-order valence-electron chi connectivity index (χ0n) is 16.5. The Morgan fingerprint density at radius 1 is 1.28 bits per heavy atom. The van der Waals surface area contributed by atoms with Crippen molar-refractivity contribution in [2.75, 3.05) is 0 Å². The van der Waals surface area contributed by atoms with E-state index in [0.29, 0.717) is 32.1 Å². The number of aliphatic hydroxyl groups excluding tert-OH is 3. The van der Waals surface area contributed by atoms with Crippen LogP contribution < -0.4 is 0 Å². The van der Waals surface area contributed by atoms with Gasteiger partial charge in [0.2, 0.25) is 0 Å². The zero-order chi connectivity index (χ0) is 21.2. The first kappa shape index (κ1) is 23.6. The molecule has 1 saturated carbocycles. The summed E-state index contributed by atoms with van der Waals surface area (Å²) in [5.74, 6) is -0.840. The minimum absolute atomic E-state index is 0.0311. The van der Waals surface area contributed by atoms with Gasteiger partial charge < -0.3 is 20.4 Å². The van der Waals surface area contributed by atoms with Crippen LogP contribution in [0.4, 0.5) is 0 Å². The molecule has 0 spiro atoms. The van der Waals surface area contributed by atoms with Gasteiger partial charge in [0.25, 0.3) is 0 Å². The van der Waals surface area contributed by atoms with Crippen LogP contribution >= 0.6 is 11.6 Å². The Morgan fingerprint density at radius 3 is 2.76 bits per heavy atom. The summed E-state index contributed by atoms with van der Waals surface area (Å²) < 4.78 is 0. The molecule has 1 unspecified atom stereocenters. The van der Waals surface area contributed by atoms with Crippen molar-refractivity contribution in [2.24, 2.45) is 11.8 Å². The van der Waals surface area contributed by atoms with E-state index in [0.717, 1.165) is 11.1 Å². The van der Waals surface area contributed by atoms with Crippen molar-refractivity contribution in [1.29, 1.82) is 0 Å². The number of unbranched alkanes of at least 4 members (excludes halogenated alkanes) is 1. The molecule has 6 heteroatoms. The van der Waals surface area contributed by atoms with Crippen LogP contribution in [0, 0.1) is 11.8 Å². The summed E-state index contributed by atoms with van der Waals surface area (Å²) in [6, 6.07) is 7.47. The minimum Gasteiger partial charge on any atom is -0.481 e. The smallest absolute Gasteiger partial charge is 0.303 e. The molecular weight excluding hydrogens is 392 g/mol. The van der Waals surface area contributed by atoms with Crippen LogP contribution in [0.1, 0.15) is 43.2 Å². The fraction of sp³-hybridized carbons (Fsp3) is 0.522. The maximum Gasteiger partial charge on any atom is 0.303 e. The Bertz CT molecular complexity index is 702. The number of hydrogen-bond donors (Lipinski definition) is 4. The molecule has 5 atom stereocenters. The van der Waals surface area contributed by atoms with Crippen LogP contribution in [-0.2, 0) is 17.8 Å². The molecule has 1 aliphatic carbocycles. The number of aliphatic hydroxyl groups is 3. The number of carbonyl (C=O) groups is 1. The number of hydrogen-bond acceptors (Lipinski definition) is 4. The van der Waals surface area contributed by atoms with E-state index in [2.05, 4.69) is 0 Å². The topological polar surface area (TPSA) is 98.0 Å². The molecule has 0 saturated heterocycles. The van der Waals surface area contributed by atoms with Crippen molar-refractivity contribution in [3.63, 3.8) is 0 Å². The lowest BCUT2D eigenvalue weighted by Crippen LogP contribution is -2.19. The summed E-state index contributed by atoms with van der Waals surface area (Å²) in [5, 5.41) is 38.5. The maximum absolute atomic E-state index is 10.5. The summed E-state index contributed by atoms with van der Waals surface area (Å²) in [5.41, 5.74) is 1.75. The van der Waals surface area contributed by atoms with Crippen molar-refractivity contribution < 1.29 is 25.2 Å². The quantitative estimate of drug-likeness (QED) is 0.249. The van der Waals surface area contributed by atoms with Crippen LogP contribution in [-0.4, -0.2) is 44.0 Å². The summed E-state index contributed by atoms with van der Waals surface area (Å²) >= 11 is 6.44. The van der Waals surface area contributed by atoms with Gasteiger partial charge in [-0.1, -0.05) is 48.6 Å². The normalized spacial score (nSPS) is 25.8. The van der Waals surface area contributed by atoms with Gasteiger partial charge >= 0.3 is 5.97 Å². The third-order valence-corrected chi connectivity index (χ3v) is 5.88. The summed E-state index contributed by atoms with van der Waals surface area (Å²) in [7, 11) is 0. The minimum atomic E-state index is -0.787. The number of rotatable bonds is 11. The van der Waals surface area contributed by atoms with Gasteiger partial charge in [-0.3, -0.25) is 4.79 Å². The first-order valence-corrected chi connectivity index (χ1v) is 10.6. The number of alkyl halides is 1. The fourth-order valence-electron chi connectivity index (χ4n) is 3.83. The van der Waals surface area contributed by atoms with Gasteiger partial charge in [0.1, 0.15) is 0 Å². The number of benzene rings is 1. The van der Waals surface area contributed by atoms with Crippen LogP contribution in [0.2, 0.25) is 0 Å². The van der Waals surface area contributed by atoms with Crippen molar-refractivity contribution in [1.82, 2.24) is 0 Å². The molecule has 0 aromatic heterocycles. The Labute approximate surface area is 177 Å². The molecule has 29 heavy (non-hydrogen) atoms. The largest absolute Gasteiger partial charge is 0.481 e. The van der Waals surface area contributed by atoms with Gasteiger partial charge in [0.15, 0.2) is 0 Å². The molecule has 0 amide bonds. The first-order valence-electron chi connectivity index (χ1n) is 10.1. The molecule has 0 radical (unpaired) electrons. The molecule has 0 heterocycles. The second-order valence-electron chi connectivity index (χ2n) is 7.69. The van der Waals surface area contributed by atoms with E-state index in [9.17, 15) is 20.1 Å². The molecule has 0 bridgehead atoms. The van der Waals surface area contributed by atoms with E-state index in [1.807, 2.05) is 42.5 Å². The molecule has 2 rings (SSSR count). The van der Waals surface area contributed by atoms with Crippen LogP contribution in [0.15, 0.2) is 48.6 Å². The fourth-order valence-corrected chi connectivity index (χ4v) is 4.28. The highest BCUT2D eigenvalue weighted by atomic mass is 35.5. The summed E-state index contributed by atoms with van der Waals surface area (Å²) in [6.45, 7) is -0.0311. The predicted molar refractivity (Wildman–Crippen MR) is 114 cm³/mol. The lowest BCUT2D eigenvalue weighted by molar-refractivity contribution is -0.137. The molecule has 1 aromatic carbocycles. The Hall–Kier alpha value is -1.66. The monoisotopic (exact) mass is 422 g/mol. The van der Waals surface area contributed by atoms with Crippen molar-refractivity contribution >= 4 is 17.6 Å². The highest BCUT2D eigenvalue weighted by Gasteiger charge is 2.39. The molecular formula is C23H31ClO5. The van der Waals surface area contributed by atoms with Crippen molar-refractivity contribution in [3.8, 4) is 0 Å². The molecule has 1 aliphatic rings. The SMILES string of the molecule is O=C(O)CCC/C=C\C[C@@H]1[C@@H](/C=C/C(O)Cc2cccc(CO)c2)[C@H](O)C[C@H]1Cl. The Kier molecular flexibility index (Phi) is 9.88. The molecule has 1 aromatic rings. The highest BCUT2D eigenvalue weighted by molar-refractivity contribution is 6.21. The predicted octanol–water partition coefficient (Wildman–Crippen LogP) is 3.44. The van der Waals surface area contributed by atoms with E-state index in [1.54, 1.807) is 6.08 Å². The molecule has 160 valence electrons. The summed E-state index contributed by atoms with van der Waals surface area (Å²) in [4.78, 5) is 10.5. The van der Waals surface area contributed by atoms with E-state index in [-0.39, 0.29) is 30.2 Å². The van der Waals surface area contributed by atoms with Crippen LogP contribution in [0.25, 0.3) is 0 Å². The number of carboxylic acids is 1. The molecule has 1 fully saturated rings. The highest BCUT2D eigenvalue weighted by Crippen LogP contribution is 2.39. The molecule has 5 nitrogen and oxygen atoms in total. The van der Waals surface area contributed by atoms with Gasteiger partial charge in [-0.2, -0.15) is 0 Å². The van der Waals surface area contributed by atoms with Crippen LogP contribution in [0.5, 0.6) is 0 Å². The lowest BCUT2D eigenvalue weighted by atomic mass is 9.90. The Morgan fingerprint density at radius 2 is 2.03 bits per heavy atom. The van der Waals surface area contributed by atoms with E-state index < -0.39 is 18.2 Å². The van der Waals surface area contributed by atoms with E-state index >= 15 is 0 Å². The van der Waals surface area contributed by atoms with Crippen molar-refractivity contribution in [3.05, 3.63) is 59.7 Å². The third-order valence-electron chi connectivity index (χ3n) is 5.38. The number of carboxylic acid groups (broad SMARTS) is 1. The lowest BCUT2D eigenvalue weighted by Gasteiger charge is -2.19. The third kappa shape index (κ3) is 7.94. The standard InChI is InChI=1S/C23H31ClO5/c24-21-14-22(27)20(19(21)8-3-1-2-4-9-23(28)29)11-10-18(26)13-16-6-5-7-17(12-16)15-25/h1,3,5-7,10-12,18-22,25-27H,2,4,8-9,13-15H2,(H,28,29)/b3-1-,11-10+/t18?,19-,20-,21-,22-/m1/s1. The van der Waals surface area contributed by atoms with E-state index in [4.69, 9.17) is 16.7 Å². The molecule has 0 aliphatic heterocycles. The summed E-state index contributed by atoms with van der Waals surface area (Å²) in [6.07, 6.45) is 9.50. The Balaban J connectivity index is 1.89. The average Bonchev–Trinajstić information content (AvgIpc) is 2.95. The second kappa shape index (κ2) is 12.1. The van der Waals surface area contributed by atoms with Crippen molar-refractivity contribution in [2.45, 2.75) is 62.7 Å². The van der Waals surface area contributed by atoms with Gasteiger partial charge in [-0.25, -0.2) is 0 Å². The number of allylic oxidation sites excluding steroid dienone is 2. The second-order valence-corrected chi connectivity index (χ2v) is 8.25. The van der Waals surface area contributed by atoms with Gasteiger partial charge in [0, 0.05) is 24.1 Å². The number of halogens is 1. The average molecular weight is 423 g/mol. The zero-order valence-corrected chi connectivity index (χ0v) is 17.3. The number of aliphatic carboxylic acids is 1. The maximum atomic E-state index is 10.5. The first-order chi connectivity index (χ1) is 13.9. The molecule has 4 N–H and O–H groups in total.